The molecule has 0 saturated carbocycles. The molecule has 4 heteroatoms. The van der Waals surface area contributed by atoms with E-state index in [1.807, 2.05) is 19.2 Å². The molecule has 1 N–H and O–H groups in total. The van der Waals surface area contributed by atoms with Gasteiger partial charge < -0.3 is 5.32 Å². The van der Waals surface area contributed by atoms with E-state index >= 15 is 0 Å². The molecule has 0 fully saturated rings. The third-order valence-electron chi connectivity index (χ3n) is 3.83. The molecule has 0 bridgehead atoms. The number of benzene rings is 1. The molecule has 3 rings (SSSR count). The van der Waals surface area contributed by atoms with Crippen LogP contribution in [0.2, 0.25) is 10.0 Å². The number of nitrogens with one attached hydrogen (secondary N) is 1. The Morgan fingerprint density at radius 2 is 1.89 bits per heavy atom. The SMILES string of the molecule is CNc1c2c(nc3c(Cl)c(Cl)ccc13)CCCCC2. The monoisotopic (exact) mass is 294 g/mol. The fraction of sp³-hybridized carbons (Fsp3) is 0.400. The molecule has 0 saturated heterocycles. The van der Waals surface area contributed by atoms with Gasteiger partial charge in [0.2, 0.25) is 0 Å². The van der Waals surface area contributed by atoms with Crippen LogP contribution in [0.4, 0.5) is 5.69 Å². The van der Waals surface area contributed by atoms with Crippen molar-refractivity contribution in [3.63, 3.8) is 0 Å². The molecule has 100 valence electrons. The lowest BCUT2D eigenvalue weighted by atomic mass is 10.0. The summed E-state index contributed by atoms with van der Waals surface area (Å²) >= 11 is 12.4. The molecule has 1 aromatic heterocycles. The minimum absolute atomic E-state index is 0.558. The first-order valence-corrected chi connectivity index (χ1v) is 7.45. The molecular formula is C15H16Cl2N2. The minimum atomic E-state index is 0.558. The summed E-state index contributed by atoms with van der Waals surface area (Å²) in [4.78, 5) is 4.79. The lowest BCUT2D eigenvalue weighted by molar-refractivity contribution is 0.709. The zero-order valence-electron chi connectivity index (χ0n) is 10.9. The van der Waals surface area contributed by atoms with E-state index in [4.69, 9.17) is 28.2 Å². The molecule has 1 aliphatic rings. The van der Waals surface area contributed by atoms with Crippen molar-refractivity contribution in [1.82, 2.24) is 4.98 Å². The second-order valence-electron chi connectivity index (χ2n) is 4.98. The van der Waals surface area contributed by atoms with E-state index in [9.17, 15) is 0 Å². The predicted octanol–water partition coefficient (Wildman–Crippen LogP) is 4.85. The molecule has 0 amide bonds. The zero-order valence-corrected chi connectivity index (χ0v) is 12.4. The molecule has 1 aliphatic carbocycles. The van der Waals surface area contributed by atoms with E-state index in [1.54, 1.807) is 0 Å². The number of rotatable bonds is 1. The van der Waals surface area contributed by atoms with Crippen LogP contribution in [0.25, 0.3) is 10.9 Å². The van der Waals surface area contributed by atoms with Crippen LogP contribution in [-0.2, 0) is 12.8 Å². The zero-order chi connectivity index (χ0) is 13.4. The van der Waals surface area contributed by atoms with Crippen LogP contribution in [0.5, 0.6) is 0 Å². The van der Waals surface area contributed by atoms with E-state index in [-0.39, 0.29) is 0 Å². The van der Waals surface area contributed by atoms with Gasteiger partial charge in [0.25, 0.3) is 0 Å². The molecule has 0 atom stereocenters. The highest BCUT2D eigenvalue weighted by molar-refractivity contribution is 6.45. The first-order chi connectivity index (χ1) is 9.22. The number of hydrogen-bond donors (Lipinski definition) is 1. The van der Waals surface area contributed by atoms with Crippen molar-refractivity contribution in [2.24, 2.45) is 0 Å². The lowest BCUT2D eigenvalue weighted by Gasteiger charge is -2.16. The highest BCUT2D eigenvalue weighted by Crippen LogP contribution is 2.37. The van der Waals surface area contributed by atoms with Crippen LogP contribution >= 0.6 is 23.2 Å². The molecule has 0 aliphatic heterocycles. The van der Waals surface area contributed by atoms with Gasteiger partial charge in [-0.25, -0.2) is 0 Å². The van der Waals surface area contributed by atoms with Gasteiger partial charge in [-0.15, -0.1) is 0 Å². The van der Waals surface area contributed by atoms with Crippen LogP contribution in [0.1, 0.15) is 30.5 Å². The number of aryl methyl sites for hydroxylation is 1. The van der Waals surface area contributed by atoms with Crippen LogP contribution in [-0.4, -0.2) is 12.0 Å². The lowest BCUT2D eigenvalue weighted by Crippen LogP contribution is -2.03. The number of anilines is 1. The van der Waals surface area contributed by atoms with Crippen molar-refractivity contribution >= 4 is 39.8 Å². The van der Waals surface area contributed by atoms with Crippen LogP contribution < -0.4 is 5.32 Å². The van der Waals surface area contributed by atoms with Gasteiger partial charge in [0.15, 0.2) is 0 Å². The Labute approximate surface area is 123 Å². The topological polar surface area (TPSA) is 24.9 Å². The van der Waals surface area contributed by atoms with Crippen LogP contribution in [0, 0.1) is 0 Å². The number of halogens is 2. The molecule has 0 radical (unpaired) electrons. The van der Waals surface area contributed by atoms with Crippen molar-refractivity contribution < 1.29 is 0 Å². The van der Waals surface area contributed by atoms with Crippen LogP contribution in [0.15, 0.2) is 12.1 Å². The first-order valence-electron chi connectivity index (χ1n) is 6.69. The summed E-state index contributed by atoms with van der Waals surface area (Å²) in [6, 6.07) is 3.85. The average Bonchev–Trinajstić information content (AvgIpc) is 2.66. The van der Waals surface area contributed by atoms with Gasteiger partial charge in [0.1, 0.15) is 0 Å². The number of fused-ring (bicyclic) bond motifs is 2. The number of hydrogen-bond acceptors (Lipinski definition) is 2. The summed E-state index contributed by atoms with van der Waals surface area (Å²) in [5.41, 5.74) is 4.52. The quantitative estimate of drug-likeness (QED) is 0.760. The first kappa shape index (κ1) is 13.0. The van der Waals surface area contributed by atoms with Crippen molar-refractivity contribution in [1.29, 1.82) is 0 Å². The maximum absolute atomic E-state index is 6.32. The van der Waals surface area contributed by atoms with E-state index in [2.05, 4.69) is 5.32 Å². The van der Waals surface area contributed by atoms with E-state index in [0.717, 1.165) is 23.7 Å². The van der Waals surface area contributed by atoms with Crippen molar-refractivity contribution in [3.8, 4) is 0 Å². The molecule has 19 heavy (non-hydrogen) atoms. The maximum atomic E-state index is 6.32. The number of aromatic nitrogens is 1. The molecule has 1 heterocycles. The van der Waals surface area contributed by atoms with Gasteiger partial charge in [0, 0.05) is 23.8 Å². The van der Waals surface area contributed by atoms with Gasteiger partial charge in [0.05, 0.1) is 15.6 Å². The summed E-state index contributed by atoms with van der Waals surface area (Å²) < 4.78 is 0. The largest absolute Gasteiger partial charge is 0.387 e. The number of pyridine rings is 1. The van der Waals surface area contributed by atoms with Gasteiger partial charge in [-0.2, -0.15) is 0 Å². The molecule has 0 spiro atoms. The molecule has 2 nitrogen and oxygen atoms in total. The highest BCUT2D eigenvalue weighted by Gasteiger charge is 2.18. The summed E-state index contributed by atoms with van der Waals surface area (Å²) in [7, 11) is 1.96. The summed E-state index contributed by atoms with van der Waals surface area (Å²) in [5, 5.41) is 5.52. The summed E-state index contributed by atoms with van der Waals surface area (Å²) in [5.74, 6) is 0. The summed E-state index contributed by atoms with van der Waals surface area (Å²) in [6.07, 6.45) is 5.82. The van der Waals surface area contributed by atoms with Gasteiger partial charge in [-0.1, -0.05) is 29.6 Å². The molecular weight excluding hydrogens is 279 g/mol. The van der Waals surface area contributed by atoms with E-state index in [0.29, 0.717) is 10.0 Å². The summed E-state index contributed by atoms with van der Waals surface area (Å²) in [6.45, 7) is 0. The number of nitrogens with zero attached hydrogens (tertiary/aromatic N) is 1. The Balaban J connectivity index is 2.36. The third kappa shape index (κ3) is 2.17. The van der Waals surface area contributed by atoms with Crippen LogP contribution in [0.3, 0.4) is 0 Å². The van der Waals surface area contributed by atoms with Gasteiger partial charge in [-0.05, 0) is 43.4 Å². The Morgan fingerprint density at radius 1 is 1.11 bits per heavy atom. The fourth-order valence-electron chi connectivity index (χ4n) is 2.89. The predicted molar refractivity (Wildman–Crippen MR) is 82.6 cm³/mol. The van der Waals surface area contributed by atoms with Crippen molar-refractivity contribution in [2.75, 3.05) is 12.4 Å². The van der Waals surface area contributed by atoms with E-state index < -0.39 is 0 Å². The van der Waals surface area contributed by atoms with Crippen molar-refractivity contribution in [2.45, 2.75) is 32.1 Å². The third-order valence-corrected chi connectivity index (χ3v) is 4.62. The Bertz CT molecular complexity index is 638. The van der Waals surface area contributed by atoms with Gasteiger partial charge >= 0.3 is 0 Å². The normalized spacial score (nSPS) is 15.1. The van der Waals surface area contributed by atoms with Gasteiger partial charge in [-0.3, -0.25) is 4.98 Å². The second-order valence-corrected chi connectivity index (χ2v) is 5.77. The van der Waals surface area contributed by atoms with E-state index in [1.165, 1.54) is 36.2 Å². The fourth-order valence-corrected chi connectivity index (χ4v) is 3.25. The standard InChI is InChI=1S/C15H16Cl2N2/c1-18-14-9-5-3-2-4-6-12(9)19-15-10(14)7-8-11(16)13(15)17/h7-8H,2-6H2,1H3,(H,18,19). The molecule has 2 aromatic rings. The van der Waals surface area contributed by atoms with Crippen molar-refractivity contribution in [3.05, 3.63) is 33.4 Å². The smallest absolute Gasteiger partial charge is 0.0927 e. The minimum Gasteiger partial charge on any atom is -0.387 e. The molecule has 0 unspecified atom stereocenters. The second kappa shape index (κ2) is 5.18. The Morgan fingerprint density at radius 3 is 2.68 bits per heavy atom. The Hall–Kier alpha value is -0.990. The Kier molecular flexibility index (Phi) is 3.55. The highest BCUT2D eigenvalue weighted by atomic mass is 35.5. The maximum Gasteiger partial charge on any atom is 0.0927 e. The molecule has 1 aromatic carbocycles. The average molecular weight is 295 g/mol.